The number of aliphatic hydroxyl groups is 1. The molecule has 0 unspecified atom stereocenters. The standard InChI is InChI=1S/C17H17F2N3O3/c18-16(19)25-11-6-8-14(20-9-11)21-17(24)22-15-12-4-2-1-3-10(12)5-7-13(15)23/h1-4,6,8-9,13,15-16,23H,5,7H2,(H2,20,21,22,24)/t13-,15+/m1/s1. The number of amides is 2. The van der Waals surface area contributed by atoms with E-state index in [0.717, 1.165) is 23.7 Å². The van der Waals surface area contributed by atoms with Crippen LogP contribution in [0.15, 0.2) is 42.6 Å². The summed E-state index contributed by atoms with van der Waals surface area (Å²) in [6.45, 7) is -2.93. The number of fused-ring (bicyclic) bond motifs is 1. The van der Waals surface area contributed by atoms with Crippen LogP contribution in [0.2, 0.25) is 0 Å². The molecule has 3 rings (SSSR count). The Balaban J connectivity index is 1.64. The summed E-state index contributed by atoms with van der Waals surface area (Å²) in [5.74, 6) is 0.0790. The number of aryl methyl sites for hydroxylation is 1. The van der Waals surface area contributed by atoms with Crippen LogP contribution in [-0.4, -0.2) is 28.8 Å². The van der Waals surface area contributed by atoms with E-state index in [-0.39, 0.29) is 11.6 Å². The van der Waals surface area contributed by atoms with Crippen LogP contribution in [0.25, 0.3) is 0 Å². The van der Waals surface area contributed by atoms with E-state index < -0.39 is 24.8 Å². The number of hydrogen-bond donors (Lipinski definition) is 3. The predicted octanol–water partition coefficient (Wildman–Crippen LogP) is 2.85. The largest absolute Gasteiger partial charge is 0.433 e. The highest BCUT2D eigenvalue weighted by Gasteiger charge is 2.29. The maximum Gasteiger partial charge on any atom is 0.387 e. The van der Waals surface area contributed by atoms with Gasteiger partial charge in [0.05, 0.1) is 18.3 Å². The molecular formula is C17H17F2N3O3. The molecule has 0 fully saturated rings. The highest BCUT2D eigenvalue weighted by atomic mass is 19.3. The maximum atomic E-state index is 12.2. The first-order valence-electron chi connectivity index (χ1n) is 7.77. The molecule has 0 radical (unpaired) electrons. The number of urea groups is 1. The van der Waals surface area contributed by atoms with Gasteiger partial charge in [-0.1, -0.05) is 24.3 Å². The number of anilines is 1. The molecule has 1 aliphatic carbocycles. The number of pyridine rings is 1. The first kappa shape index (κ1) is 17.1. The maximum absolute atomic E-state index is 12.2. The molecule has 1 aliphatic rings. The summed E-state index contributed by atoms with van der Waals surface area (Å²) in [4.78, 5) is 16.0. The average Bonchev–Trinajstić information content (AvgIpc) is 2.59. The van der Waals surface area contributed by atoms with Gasteiger partial charge in [0.2, 0.25) is 0 Å². The van der Waals surface area contributed by atoms with E-state index in [1.807, 2.05) is 24.3 Å². The number of carbonyl (C=O) groups is 1. The van der Waals surface area contributed by atoms with E-state index in [1.54, 1.807) is 0 Å². The quantitative estimate of drug-likeness (QED) is 0.793. The lowest BCUT2D eigenvalue weighted by molar-refractivity contribution is -0.0500. The second-order valence-corrected chi connectivity index (χ2v) is 5.64. The summed E-state index contributed by atoms with van der Waals surface area (Å²) >= 11 is 0. The molecule has 132 valence electrons. The van der Waals surface area contributed by atoms with Gasteiger partial charge in [-0.15, -0.1) is 0 Å². The summed E-state index contributed by atoms with van der Waals surface area (Å²) in [5, 5.41) is 15.4. The van der Waals surface area contributed by atoms with Crippen molar-refractivity contribution in [3.05, 3.63) is 53.7 Å². The van der Waals surface area contributed by atoms with E-state index in [2.05, 4.69) is 20.4 Å². The second kappa shape index (κ2) is 7.43. The number of nitrogens with zero attached hydrogens (tertiary/aromatic N) is 1. The third kappa shape index (κ3) is 4.21. The molecule has 2 aromatic rings. The Hall–Kier alpha value is -2.74. The minimum absolute atomic E-state index is 0.0995. The Bertz CT molecular complexity index is 740. The summed E-state index contributed by atoms with van der Waals surface area (Å²) in [7, 11) is 0. The van der Waals surface area contributed by atoms with Crippen LogP contribution < -0.4 is 15.4 Å². The Morgan fingerprint density at radius 1 is 1.28 bits per heavy atom. The van der Waals surface area contributed by atoms with Gasteiger partial charge in [0.1, 0.15) is 11.6 Å². The van der Waals surface area contributed by atoms with Gasteiger partial charge >= 0.3 is 12.6 Å². The van der Waals surface area contributed by atoms with Gasteiger partial charge in [0.25, 0.3) is 0 Å². The van der Waals surface area contributed by atoms with Gasteiger partial charge in [-0.3, -0.25) is 5.32 Å². The van der Waals surface area contributed by atoms with Gasteiger partial charge in [-0.05, 0) is 36.1 Å². The molecule has 1 aromatic carbocycles. The molecule has 25 heavy (non-hydrogen) atoms. The van der Waals surface area contributed by atoms with Crippen LogP contribution in [0.3, 0.4) is 0 Å². The highest BCUT2D eigenvalue weighted by molar-refractivity contribution is 5.88. The van der Waals surface area contributed by atoms with Crippen LogP contribution in [0.5, 0.6) is 5.75 Å². The summed E-state index contributed by atoms with van der Waals surface area (Å²) in [6, 6.07) is 9.17. The molecule has 0 aliphatic heterocycles. The Kier molecular flexibility index (Phi) is 5.08. The van der Waals surface area contributed by atoms with E-state index in [9.17, 15) is 18.7 Å². The third-order valence-electron chi connectivity index (χ3n) is 3.97. The number of aromatic nitrogens is 1. The molecule has 1 heterocycles. The first-order chi connectivity index (χ1) is 12.0. The zero-order valence-electron chi connectivity index (χ0n) is 13.2. The second-order valence-electron chi connectivity index (χ2n) is 5.64. The van der Waals surface area contributed by atoms with Gasteiger partial charge in [-0.2, -0.15) is 8.78 Å². The molecule has 6 nitrogen and oxygen atoms in total. The van der Waals surface area contributed by atoms with E-state index in [4.69, 9.17) is 0 Å². The molecular weight excluding hydrogens is 332 g/mol. The lowest BCUT2D eigenvalue weighted by Gasteiger charge is -2.30. The number of hydrogen-bond acceptors (Lipinski definition) is 4. The van der Waals surface area contributed by atoms with Crippen LogP contribution in [-0.2, 0) is 6.42 Å². The fourth-order valence-electron chi connectivity index (χ4n) is 2.84. The van der Waals surface area contributed by atoms with E-state index in [1.165, 1.54) is 12.1 Å². The highest BCUT2D eigenvalue weighted by Crippen LogP contribution is 2.29. The molecule has 0 saturated carbocycles. The number of carbonyl (C=O) groups excluding carboxylic acids is 1. The SMILES string of the molecule is O=C(Nc1ccc(OC(F)F)cn1)N[C@H]1c2ccccc2CC[C@H]1O. The monoisotopic (exact) mass is 349 g/mol. The number of ether oxygens (including phenoxy) is 1. The zero-order valence-corrected chi connectivity index (χ0v) is 13.2. The molecule has 2 atom stereocenters. The molecule has 3 N–H and O–H groups in total. The number of rotatable bonds is 4. The van der Waals surface area contributed by atoms with Gasteiger partial charge in [0, 0.05) is 0 Å². The molecule has 0 bridgehead atoms. The number of halogens is 2. The Morgan fingerprint density at radius 3 is 2.80 bits per heavy atom. The number of benzene rings is 1. The van der Waals surface area contributed by atoms with Gasteiger partial charge < -0.3 is 15.2 Å². The average molecular weight is 349 g/mol. The summed E-state index contributed by atoms with van der Waals surface area (Å²) in [5.41, 5.74) is 1.97. The minimum Gasteiger partial charge on any atom is -0.433 e. The van der Waals surface area contributed by atoms with Crippen LogP contribution >= 0.6 is 0 Å². The van der Waals surface area contributed by atoms with Crippen molar-refractivity contribution in [2.24, 2.45) is 0 Å². The zero-order chi connectivity index (χ0) is 17.8. The third-order valence-corrected chi connectivity index (χ3v) is 3.97. The van der Waals surface area contributed by atoms with Gasteiger partial charge in [0.15, 0.2) is 0 Å². The topological polar surface area (TPSA) is 83.5 Å². The van der Waals surface area contributed by atoms with Crippen molar-refractivity contribution in [2.45, 2.75) is 31.6 Å². The van der Waals surface area contributed by atoms with Crippen LogP contribution in [0, 0.1) is 0 Å². The number of alkyl halides is 2. The van der Waals surface area contributed by atoms with Crippen molar-refractivity contribution in [1.29, 1.82) is 0 Å². The first-order valence-corrected chi connectivity index (χ1v) is 7.77. The van der Waals surface area contributed by atoms with Crippen molar-refractivity contribution in [3.8, 4) is 5.75 Å². The van der Waals surface area contributed by atoms with Crippen molar-refractivity contribution in [2.75, 3.05) is 5.32 Å². The fraction of sp³-hybridized carbons (Fsp3) is 0.294. The van der Waals surface area contributed by atoms with Crippen molar-refractivity contribution >= 4 is 11.8 Å². The molecule has 2 amide bonds. The lowest BCUT2D eigenvalue weighted by atomic mass is 9.86. The van der Waals surface area contributed by atoms with Crippen molar-refractivity contribution in [1.82, 2.24) is 10.3 Å². The Morgan fingerprint density at radius 2 is 2.08 bits per heavy atom. The smallest absolute Gasteiger partial charge is 0.387 e. The van der Waals surface area contributed by atoms with Crippen LogP contribution in [0.4, 0.5) is 19.4 Å². The van der Waals surface area contributed by atoms with Gasteiger partial charge in [-0.25, -0.2) is 9.78 Å². The van der Waals surface area contributed by atoms with Crippen molar-refractivity contribution < 1.29 is 23.4 Å². The van der Waals surface area contributed by atoms with Crippen LogP contribution in [0.1, 0.15) is 23.6 Å². The fourth-order valence-corrected chi connectivity index (χ4v) is 2.84. The van der Waals surface area contributed by atoms with Crippen molar-refractivity contribution in [3.63, 3.8) is 0 Å². The summed E-state index contributed by atoms with van der Waals surface area (Å²) < 4.78 is 28.4. The number of aliphatic hydroxyl groups excluding tert-OH is 1. The normalized spacial score (nSPS) is 19.2. The lowest BCUT2D eigenvalue weighted by Crippen LogP contribution is -2.41. The number of nitrogens with one attached hydrogen (secondary N) is 2. The molecule has 0 spiro atoms. The van der Waals surface area contributed by atoms with E-state index >= 15 is 0 Å². The summed E-state index contributed by atoms with van der Waals surface area (Å²) in [6.07, 6.45) is 1.71. The molecule has 0 saturated heterocycles. The molecule has 1 aromatic heterocycles. The van der Waals surface area contributed by atoms with E-state index in [0.29, 0.717) is 6.42 Å². The molecule has 8 heteroatoms. The Labute approximate surface area is 142 Å². The predicted molar refractivity (Wildman–Crippen MR) is 86.5 cm³/mol. The minimum atomic E-state index is -2.93.